The first-order valence-electron chi connectivity index (χ1n) is 3.50. The second-order valence-electron chi connectivity index (χ2n) is 2.36. The van der Waals surface area contributed by atoms with Crippen LogP contribution >= 0.6 is 8.25 Å². The minimum absolute atomic E-state index is 0.0558. The van der Waals surface area contributed by atoms with Crippen LogP contribution in [-0.4, -0.2) is 12.4 Å². The summed E-state index contributed by atoms with van der Waals surface area (Å²) in [6.45, 7) is 5.15. The molecule has 0 bridgehead atoms. The van der Waals surface area contributed by atoms with Crippen LogP contribution in [0.4, 0.5) is 0 Å². The van der Waals surface area contributed by atoms with Gasteiger partial charge in [0.15, 0.2) is 5.78 Å². The second kappa shape index (κ2) is 6.00. The van der Waals surface area contributed by atoms with Crippen LogP contribution in [0.3, 0.4) is 0 Å². The predicted molar refractivity (Wildman–Crippen MR) is 42.6 cm³/mol. The van der Waals surface area contributed by atoms with E-state index in [1.165, 1.54) is 0 Å². The molecule has 5 heteroatoms. The van der Waals surface area contributed by atoms with Gasteiger partial charge in [0, 0.05) is 6.42 Å². The highest BCUT2D eigenvalue weighted by atomic mass is 31.1. The van der Waals surface area contributed by atoms with Gasteiger partial charge in [-0.05, 0) is 23.5 Å². The summed E-state index contributed by atoms with van der Waals surface area (Å²) in [5.74, 6) is -0.0558. The van der Waals surface area contributed by atoms with Crippen molar-refractivity contribution in [2.45, 2.75) is 19.8 Å². The Bertz CT molecular complexity index is 200. The molecule has 1 unspecified atom stereocenters. The number of allylic oxidation sites excluding steroid dienone is 1. The molecule has 0 aromatic rings. The molecule has 12 heavy (non-hydrogen) atoms. The molecule has 68 valence electrons. The monoisotopic (exact) mass is 190 g/mol. The first-order chi connectivity index (χ1) is 5.54. The quantitative estimate of drug-likeness (QED) is 0.355. The molecular formula is C7H11O4P. The average Bonchev–Trinajstić information content (AvgIpc) is 1.97. The maximum absolute atomic E-state index is 10.9. The van der Waals surface area contributed by atoms with Crippen molar-refractivity contribution in [1.29, 1.82) is 0 Å². The molecular weight excluding hydrogens is 179 g/mol. The third kappa shape index (κ3) is 6.16. The summed E-state index contributed by atoms with van der Waals surface area (Å²) in [6.07, 6.45) is 0.702. The van der Waals surface area contributed by atoms with Crippen molar-refractivity contribution in [2.24, 2.45) is 0 Å². The fourth-order valence-electron chi connectivity index (χ4n) is 0.585. The van der Waals surface area contributed by atoms with E-state index in [-0.39, 0.29) is 12.4 Å². The van der Waals surface area contributed by atoms with Crippen LogP contribution in [0.2, 0.25) is 0 Å². The van der Waals surface area contributed by atoms with E-state index >= 15 is 0 Å². The van der Waals surface area contributed by atoms with Crippen LogP contribution in [0.15, 0.2) is 12.2 Å². The molecule has 0 aromatic carbocycles. The molecule has 4 nitrogen and oxygen atoms in total. The standard InChI is InChI=1S/C7H11O4P/c1-6(2)7(8)4-3-5-11-12(9)10/h1,3-5H2,2H3. The summed E-state index contributed by atoms with van der Waals surface area (Å²) in [5, 5.41) is 0. The van der Waals surface area contributed by atoms with E-state index in [2.05, 4.69) is 11.1 Å². The second-order valence-corrected chi connectivity index (χ2v) is 3.07. The van der Waals surface area contributed by atoms with Gasteiger partial charge in [0.05, 0.1) is 0 Å². The molecule has 1 atom stereocenters. The molecule has 0 heterocycles. The zero-order valence-corrected chi connectivity index (χ0v) is 7.80. The topological polar surface area (TPSA) is 66.4 Å². The first kappa shape index (κ1) is 11.4. The number of ketones is 1. The maximum atomic E-state index is 10.9. The fraction of sp³-hybridized carbons (Fsp3) is 0.571. The van der Waals surface area contributed by atoms with Gasteiger partial charge in [-0.1, -0.05) is 6.58 Å². The number of hydrogen-bond acceptors (Lipinski definition) is 4. The lowest BCUT2D eigenvalue weighted by Crippen LogP contribution is -2.01. The first-order valence-corrected chi connectivity index (χ1v) is 4.59. The summed E-state index contributed by atoms with van der Waals surface area (Å²) in [7, 11) is -2.78. The van der Waals surface area contributed by atoms with Crippen LogP contribution in [0, 0.1) is 0 Å². The molecule has 0 saturated carbocycles. The Kier molecular flexibility index (Phi) is 5.72. The van der Waals surface area contributed by atoms with Crippen molar-refractivity contribution in [2.75, 3.05) is 6.61 Å². The van der Waals surface area contributed by atoms with Crippen molar-refractivity contribution in [3.63, 3.8) is 0 Å². The largest absolute Gasteiger partial charge is 0.566 e. The van der Waals surface area contributed by atoms with Crippen molar-refractivity contribution in [1.82, 2.24) is 0 Å². The van der Waals surface area contributed by atoms with Crippen LogP contribution in [0.5, 0.6) is 0 Å². The van der Waals surface area contributed by atoms with Gasteiger partial charge in [-0.15, -0.1) is 4.52 Å². The molecule has 0 aromatic heterocycles. The van der Waals surface area contributed by atoms with Gasteiger partial charge in [0.1, 0.15) is 6.61 Å². The highest BCUT2D eigenvalue weighted by Gasteiger charge is 2.04. The van der Waals surface area contributed by atoms with E-state index in [1.54, 1.807) is 6.92 Å². The summed E-state index contributed by atoms with van der Waals surface area (Å²) in [6, 6.07) is 0. The van der Waals surface area contributed by atoms with E-state index < -0.39 is 8.25 Å². The van der Waals surface area contributed by atoms with Crippen molar-refractivity contribution < 1.29 is 18.8 Å². The minimum Gasteiger partial charge on any atom is -0.566 e. The molecule has 0 saturated heterocycles. The Labute approximate surface area is 72.2 Å². The molecule has 0 rings (SSSR count). The summed E-state index contributed by atoms with van der Waals surface area (Å²) >= 11 is 0. The van der Waals surface area contributed by atoms with Gasteiger partial charge >= 0.3 is 8.25 Å². The Morgan fingerprint density at radius 1 is 1.67 bits per heavy atom. The lowest BCUT2D eigenvalue weighted by Gasteiger charge is -1.96. The molecule has 0 N–H and O–H groups in total. The van der Waals surface area contributed by atoms with Crippen LogP contribution in [-0.2, 0) is 13.9 Å². The van der Waals surface area contributed by atoms with Gasteiger partial charge in [0.2, 0.25) is 0 Å². The third-order valence-corrected chi connectivity index (χ3v) is 1.61. The van der Waals surface area contributed by atoms with Gasteiger partial charge in [-0.3, -0.25) is 4.79 Å². The molecule has 0 amide bonds. The van der Waals surface area contributed by atoms with Crippen LogP contribution < -0.4 is 4.89 Å². The summed E-state index contributed by atoms with van der Waals surface area (Å²) < 4.78 is 14.1. The van der Waals surface area contributed by atoms with Crippen LogP contribution in [0.1, 0.15) is 19.8 Å². The highest BCUT2D eigenvalue weighted by molar-refractivity contribution is 7.30. The smallest absolute Gasteiger partial charge is 0.488 e. The SMILES string of the molecule is C=C(C)C(=O)CCCO[P+](=O)[O-]. The van der Waals surface area contributed by atoms with Gasteiger partial charge in [0.25, 0.3) is 0 Å². The third-order valence-electron chi connectivity index (χ3n) is 1.22. The number of carbonyl (C=O) groups excluding carboxylic acids is 1. The number of hydrogen-bond donors (Lipinski definition) is 0. The number of Topliss-reactive ketones (excluding diaryl/α,β-unsaturated/α-hetero) is 1. The zero-order chi connectivity index (χ0) is 9.56. The van der Waals surface area contributed by atoms with Crippen molar-refractivity contribution in [3.8, 4) is 0 Å². The van der Waals surface area contributed by atoms with E-state index in [1.807, 2.05) is 0 Å². The lowest BCUT2D eigenvalue weighted by molar-refractivity contribution is -0.185. The Hall–Kier alpha value is -0.570. The van der Waals surface area contributed by atoms with Gasteiger partial charge < -0.3 is 4.89 Å². The zero-order valence-electron chi connectivity index (χ0n) is 6.91. The molecule has 0 aliphatic heterocycles. The van der Waals surface area contributed by atoms with Gasteiger partial charge in [-0.2, -0.15) is 0 Å². The Morgan fingerprint density at radius 3 is 2.67 bits per heavy atom. The van der Waals surface area contributed by atoms with Crippen LogP contribution in [0.25, 0.3) is 0 Å². The number of rotatable bonds is 6. The highest BCUT2D eigenvalue weighted by Crippen LogP contribution is 2.10. The lowest BCUT2D eigenvalue weighted by atomic mass is 10.1. The molecule has 0 aliphatic rings. The van der Waals surface area contributed by atoms with E-state index in [4.69, 9.17) is 0 Å². The van der Waals surface area contributed by atoms with Crippen molar-refractivity contribution >= 4 is 14.0 Å². The van der Waals surface area contributed by atoms with Crippen molar-refractivity contribution in [3.05, 3.63) is 12.2 Å². The summed E-state index contributed by atoms with van der Waals surface area (Å²) in [5.41, 5.74) is 0.488. The normalized spacial score (nSPS) is 11.0. The number of carbonyl (C=O) groups is 1. The molecule has 0 fully saturated rings. The van der Waals surface area contributed by atoms with E-state index in [0.29, 0.717) is 18.4 Å². The summed E-state index contributed by atoms with van der Waals surface area (Å²) in [4.78, 5) is 20.8. The van der Waals surface area contributed by atoms with Gasteiger partial charge in [-0.25, -0.2) is 0 Å². The fourth-order valence-corrected chi connectivity index (χ4v) is 0.863. The Morgan fingerprint density at radius 2 is 2.25 bits per heavy atom. The predicted octanol–water partition coefficient (Wildman–Crippen LogP) is 0.946. The molecule has 0 aliphatic carbocycles. The Balaban J connectivity index is 3.38. The molecule has 0 spiro atoms. The van der Waals surface area contributed by atoms with E-state index in [9.17, 15) is 14.3 Å². The minimum atomic E-state index is -2.78. The van der Waals surface area contributed by atoms with E-state index in [0.717, 1.165) is 0 Å². The average molecular weight is 190 g/mol. The maximum Gasteiger partial charge on any atom is 0.488 e. The molecule has 0 radical (unpaired) electrons.